The van der Waals surface area contributed by atoms with Gasteiger partial charge in [0.2, 0.25) is 0 Å². The molecule has 1 rings (SSSR count). The monoisotopic (exact) mass is 191 g/mol. The van der Waals surface area contributed by atoms with Crippen molar-refractivity contribution in [1.82, 2.24) is 4.90 Å². The molecule has 76 valence electrons. The van der Waals surface area contributed by atoms with E-state index in [4.69, 9.17) is 0 Å². The first kappa shape index (κ1) is 10.6. The van der Waals surface area contributed by atoms with Gasteiger partial charge in [-0.2, -0.15) is 0 Å². The first-order chi connectivity index (χ1) is 6.66. The summed E-state index contributed by atoms with van der Waals surface area (Å²) >= 11 is 0. The Morgan fingerprint density at radius 2 is 1.64 bits per heavy atom. The number of anilines is 1. The largest absolute Gasteiger partial charge is 0.349 e. The second-order valence-electron chi connectivity index (χ2n) is 3.31. The summed E-state index contributed by atoms with van der Waals surface area (Å²) in [7, 11) is 7.79. The zero-order chi connectivity index (χ0) is 10.6. The third-order valence-corrected chi connectivity index (χ3v) is 2.04. The number of benzene rings is 1. The van der Waals surface area contributed by atoms with Crippen LogP contribution in [0.15, 0.2) is 35.3 Å². The first-order valence-electron chi connectivity index (χ1n) is 4.59. The Labute approximate surface area is 85.7 Å². The molecule has 0 amide bonds. The van der Waals surface area contributed by atoms with Crippen LogP contribution in [0.25, 0.3) is 0 Å². The molecule has 0 aromatic heterocycles. The molecule has 0 unspecified atom stereocenters. The highest BCUT2D eigenvalue weighted by Gasteiger charge is 2.08. The normalized spacial score (nSPS) is 11.3. The molecule has 14 heavy (non-hydrogen) atoms. The molecule has 0 spiro atoms. The van der Waals surface area contributed by atoms with Crippen molar-refractivity contribution in [2.24, 2.45) is 4.99 Å². The second-order valence-corrected chi connectivity index (χ2v) is 3.31. The highest BCUT2D eigenvalue weighted by Crippen LogP contribution is 2.11. The standard InChI is InChI=1S/C11H17N3/c1-12-11(13(2)3)14(4)10-8-6-5-7-9-10/h5-9H,1-4H3/b12-11+. The SMILES string of the molecule is C/N=C(\N(C)C)N(C)c1ccccc1. The van der Waals surface area contributed by atoms with Crippen molar-refractivity contribution in [3.05, 3.63) is 30.3 Å². The minimum absolute atomic E-state index is 0.941. The van der Waals surface area contributed by atoms with Gasteiger partial charge in [0, 0.05) is 33.9 Å². The number of hydrogen-bond donors (Lipinski definition) is 0. The molecular formula is C11H17N3. The number of nitrogens with zero attached hydrogens (tertiary/aromatic N) is 3. The molecule has 0 aliphatic heterocycles. The van der Waals surface area contributed by atoms with Crippen molar-refractivity contribution in [2.45, 2.75) is 0 Å². The summed E-state index contributed by atoms with van der Waals surface area (Å²) in [5, 5.41) is 0. The van der Waals surface area contributed by atoms with Gasteiger partial charge < -0.3 is 9.80 Å². The van der Waals surface area contributed by atoms with Gasteiger partial charge in [-0.15, -0.1) is 0 Å². The van der Waals surface area contributed by atoms with Crippen LogP contribution in [0.1, 0.15) is 0 Å². The summed E-state index contributed by atoms with van der Waals surface area (Å²) in [4.78, 5) is 8.28. The second kappa shape index (κ2) is 4.65. The average Bonchev–Trinajstić information content (AvgIpc) is 2.19. The van der Waals surface area contributed by atoms with Crippen LogP contribution >= 0.6 is 0 Å². The van der Waals surface area contributed by atoms with Gasteiger partial charge in [-0.05, 0) is 12.1 Å². The molecule has 0 radical (unpaired) electrons. The molecule has 0 aliphatic rings. The lowest BCUT2D eigenvalue weighted by molar-refractivity contribution is 0.607. The predicted octanol–water partition coefficient (Wildman–Crippen LogP) is 1.67. The molecule has 3 nitrogen and oxygen atoms in total. The van der Waals surface area contributed by atoms with Crippen LogP contribution in [0.3, 0.4) is 0 Å². The third-order valence-electron chi connectivity index (χ3n) is 2.04. The first-order valence-corrected chi connectivity index (χ1v) is 4.59. The van der Waals surface area contributed by atoms with Crippen LogP contribution in [0.4, 0.5) is 5.69 Å². The van der Waals surface area contributed by atoms with Gasteiger partial charge in [-0.1, -0.05) is 18.2 Å². The molecule has 0 N–H and O–H groups in total. The number of hydrogen-bond acceptors (Lipinski definition) is 1. The van der Waals surface area contributed by atoms with E-state index in [-0.39, 0.29) is 0 Å². The lowest BCUT2D eigenvalue weighted by Crippen LogP contribution is -2.37. The molecule has 0 heterocycles. The van der Waals surface area contributed by atoms with E-state index in [0.29, 0.717) is 0 Å². The van der Waals surface area contributed by atoms with Gasteiger partial charge in [-0.3, -0.25) is 4.99 Å². The highest BCUT2D eigenvalue weighted by molar-refractivity contribution is 5.95. The Morgan fingerprint density at radius 3 is 2.07 bits per heavy atom. The molecule has 0 atom stereocenters. The minimum Gasteiger partial charge on any atom is -0.349 e. The molecule has 0 saturated heterocycles. The Bertz CT molecular complexity index is 304. The van der Waals surface area contributed by atoms with E-state index in [0.717, 1.165) is 11.6 Å². The van der Waals surface area contributed by atoms with E-state index in [1.54, 1.807) is 7.05 Å². The lowest BCUT2D eigenvalue weighted by atomic mass is 10.3. The quantitative estimate of drug-likeness (QED) is 0.496. The zero-order valence-corrected chi connectivity index (χ0v) is 9.23. The van der Waals surface area contributed by atoms with Crippen LogP contribution in [-0.4, -0.2) is 39.1 Å². The van der Waals surface area contributed by atoms with Crippen molar-refractivity contribution in [3.8, 4) is 0 Å². The van der Waals surface area contributed by atoms with E-state index in [9.17, 15) is 0 Å². The number of guanidine groups is 1. The van der Waals surface area contributed by atoms with Gasteiger partial charge in [0.05, 0.1) is 0 Å². The van der Waals surface area contributed by atoms with Crippen molar-refractivity contribution >= 4 is 11.6 Å². The number of para-hydroxylation sites is 1. The van der Waals surface area contributed by atoms with Gasteiger partial charge in [-0.25, -0.2) is 0 Å². The molecule has 3 heteroatoms. The average molecular weight is 191 g/mol. The van der Waals surface area contributed by atoms with Crippen molar-refractivity contribution in [1.29, 1.82) is 0 Å². The molecule has 0 fully saturated rings. The Hall–Kier alpha value is -1.51. The van der Waals surface area contributed by atoms with E-state index in [2.05, 4.69) is 22.0 Å². The van der Waals surface area contributed by atoms with Crippen LogP contribution in [0.5, 0.6) is 0 Å². The summed E-state index contributed by atoms with van der Waals surface area (Å²) < 4.78 is 0. The summed E-state index contributed by atoms with van der Waals surface area (Å²) in [5.41, 5.74) is 1.14. The maximum Gasteiger partial charge on any atom is 0.200 e. The van der Waals surface area contributed by atoms with E-state index in [1.807, 2.05) is 44.2 Å². The molecule has 1 aromatic carbocycles. The third kappa shape index (κ3) is 2.25. The Balaban J connectivity index is 2.90. The van der Waals surface area contributed by atoms with Gasteiger partial charge in [0.1, 0.15) is 0 Å². The van der Waals surface area contributed by atoms with Crippen molar-refractivity contribution < 1.29 is 0 Å². The predicted molar refractivity (Wildman–Crippen MR) is 61.9 cm³/mol. The Morgan fingerprint density at radius 1 is 1.07 bits per heavy atom. The summed E-state index contributed by atoms with van der Waals surface area (Å²) in [6, 6.07) is 10.2. The van der Waals surface area contributed by atoms with E-state index < -0.39 is 0 Å². The van der Waals surface area contributed by atoms with Crippen molar-refractivity contribution in [3.63, 3.8) is 0 Å². The van der Waals surface area contributed by atoms with E-state index in [1.165, 1.54) is 0 Å². The van der Waals surface area contributed by atoms with Crippen molar-refractivity contribution in [2.75, 3.05) is 33.1 Å². The Kier molecular flexibility index (Phi) is 3.51. The fourth-order valence-electron chi connectivity index (χ4n) is 1.42. The molecule has 0 aliphatic carbocycles. The summed E-state index contributed by atoms with van der Waals surface area (Å²) in [6.07, 6.45) is 0. The number of aliphatic imine (C=N–C) groups is 1. The van der Waals surface area contributed by atoms with Gasteiger partial charge in [0.25, 0.3) is 0 Å². The van der Waals surface area contributed by atoms with Crippen LogP contribution < -0.4 is 4.90 Å². The smallest absolute Gasteiger partial charge is 0.200 e. The van der Waals surface area contributed by atoms with Gasteiger partial charge in [0.15, 0.2) is 5.96 Å². The topological polar surface area (TPSA) is 18.8 Å². The lowest BCUT2D eigenvalue weighted by Gasteiger charge is -2.26. The van der Waals surface area contributed by atoms with Crippen LogP contribution in [0.2, 0.25) is 0 Å². The number of rotatable bonds is 1. The highest BCUT2D eigenvalue weighted by atomic mass is 15.3. The fraction of sp³-hybridized carbons (Fsp3) is 0.364. The summed E-state index contributed by atoms with van der Waals surface area (Å²) in [5.74, 6) is 0.941. The van der Waals surface area contributed by atoms with Gasteiger partial charge >= 0.3 is 0 Å². The summed E-state index contributed by atoms with van der Waals surface area (Å²) in [6.45, 7) is 0. The fourth-order valence-corrected chi connectivity index (χ4v) is 1.42. The van der Waals surface area contributed by atoms with Crippen LogP contribution in [0, 0.1) is 0 Å². The van der Waals surface area contributed by atoms with Crippen LogP contribution in [-0.2, 0) is 0 Å². The molecule has 0 saturated carbocycles. The molecular weight excluding hydrogens is 174 g/mol. The minimum atomic E-state index is 0.941. The maximum absolute atomic E-state index is 4.23. The molecule has 1 aromatic rings. The van der Waals surface area contributed by atoms with E-state index >= 15 is 0 Å². The molecule has 0 bridgehead atoms. The zero-order valence-electron chi connectivity index (χ0n) is 9.23. The maximum atomic E-state index is 4.23.